The number of benzene rings is 1. The zero-order chi connectivity index (χ0) is 15.6. The molecule has 0 aromatic heterocycles. The molecular weight excluding hydrogens is 393 g/mol. The minimum atomic E-state index is -1.88. The van der Waals surface area contributed by atoms with Gasteiger partial charge in [-0.25, -0.2) is 19.2 Å². The van der Waals surface area contributed by atoms with Crippen molar-refractivity contribution in [2.24, 2.45) is 0 Å². The third kappa shape index (κ3) is 3.39. The maximum absolute atomic E-state index is 11.7. The number of hydrogen-bond donors (Lipinski definition) is 2. The van der Waals surface area contributed by atoms with Crippen LogP contribution in [0.1, 0.15) is 24.8 Å². The molecule has 1 aliphatic heterocycles. The van der Waals surface area contributed by atoms with E-state index in [1.54, 1.807) is 12.1 Å². The fraction of sp³-hybridized carbons (Fsp3) is 0.308. The zero-order valence-corrected chi connectivity index (χ0v) is 13.1. The van der Waals surface area contributed by atoms with Crippen molar-refractivity contribution in [2.45, 2.75) is 25.7 Å². The number of nitrogens with zero attached hydrogens (tertiary/aromatic N) is 1. The Labute approximate surface area is 133 Å². The molecule has 1 fully saturated rings. The van der Waals surface area contributed by atoms with Crippen LogP contribution >= 0.6 is 22.6 Å². The summed E-state index contributed by atoms with van der Waals surface area (Å²) < 4.78 is 0.647. The van der Waals surface area contributed by atoms with E-state index < -0.39 is 22.6 Å². The summed E-state index contributed by atoms with van der Waals surface area (Å²) in [4.78, 5) is 37.2. The molecule has 1 aromatic rings. The Morgan fingerprint density at radius 1 is 1.29 bits per heavy atom. The van der Waals surface area contributed by atoms with Gasteiger partial charge in [0.05, 0.1) is 22.8 Å². The molecule has 0 radical (unpaired) electrons. The number of rotatable bonds is 4. The predicted octanol–water partition coefficient (Wildman–Crippen LogP) is 1.44. The lowest BCUT2D eigenvalue weighted by Crippen LogP contribution is -2.50. The molecule has 7 nitrogen and oxygen atoms in total. The number of imide groups is 1. The van der Waals surface area contributed by atoms with E-state index in [1.165, 1.54) is 6.07 Å². The third-order valence-electron chi connectivity index (χ3n) is 3.09. The van der Waals surface area contributed by atoms with E-state index in [0.29, 0.717) is 9.99 Å². The molecule has 112 valence electrons. The molecular formula is C13H13INO6+. The van der Waals surface area contributed by atoms with E-state index in [-0.39, 0.29) is 25.0 Å². The molecule has 2 N–H and O–H groups in total. The van der Waals surface area contributed by atoms with Gasteiger partial charge in [-0.2, -0.15) is 5.21 Å². The van der Waals surface area contributed by atoms with Crippen molar-refractivity contribution in [3.05, 3.63) is 27.3 Å². The molecule has 0 unspecified atom stereocenters. The van der Waals surface area contributed by atoms with Crippen LogP contribution in [0.3, 0.4) is 0 Å². The van der Waals surface area contributed by atoms with Crippen molar-refractivity contribution in [3.8, 4) is 5.75 Å². The topological polar surface area (TPSA) is 101 Å². The first-order chi connectivity index (χ1) is 9.83. The van der Waals surface area contributed by atoms with Crippen molar-refractivity contribution in [2.75, 3.05) is 0 Å². The summed E-state index contributed by atoms with van der Waals surface area (Å²) in [6.07, 6.45) is -0.0724. The molecule has 0 saturated carbocycles. The van der Waals surface area contributed by atoms with Crippen molar-refractivity contribution < 1.29 is 34.3 Å². The Balaban J connectivity index is 1.94. The van der Waals surface area contributed by atoms with Gasteiger partial charge in [0.2, 0.25) is 0 Å². The first kappa shape index (κ1) is 15.9. The highest BCUT2D eigenvalue weighted by atomic mass is 127. The van der Waals surface area contributed by atoms with E-state index >= 15 is 0 Å². The maximum atomic E-state index is 11.7. The largest absolute Gasteiger partial charge is 0.507 e. The lowest BCUT2D eigenvalue weighted by molar-refractivity contribution is -1.12. The van der Waals surface area contributed by atoms with E-state index in [2.05, 4.69) is 4.84 Å². The first-order valence-electron chi connectivity index (χ1n) is 6.21. The quantitative estimate of drug-likeness (QED) is 0.340. The smallest absolute Gasteiger partial charge is 0.397 e. The van der Waals surface area contributed by atoms with E-state index in [1.807, 2.05) is 22.6 Å². The van der Waals surface area contributed by atoms with Crippen LogP contribution in [0.15, 0.2) is 18.2 Å². The third-order valence-corrected chi connectivity index (χ3v) is 3.96. The summed E-state index contributed by atoms with van der Waals surface area (Å²) in [5.74, 6) is -2.38. The van der Waals surface area contributed by atoms with Crippen molar-refractivity contribution in [1.82, 2.24) is 0 Å². The molecule has 0 atom stereocenters. The number of amides is 2. The Bertz CT molecular complexity index is 599. The SMILES string of the molecule is O=C(CCc1ccc(O)c(I)c1)O[N+]1(O)C(=O)CCC1=O. The molecule has 2 rings (SSSR count). The Morgan fingerprint density at radius 2 is 1.90 bits per heavy atom. The van der Waals surface area contributed by atoms with E-state index in [4.69, 9.17) is 0 Å². The Hall–Kier alpha value is -1.52. The monoisotopic (exact) mass is 406 g/mol. The average Bonchev–Trinajstić information content (AvgIpc) is 2.68. The minimum absolute atomic E-state index is 0.0953. The molecule has 1 saturated heterocycles. The lowest BCUT2D eigenvalue weighted by Gasteiger charge is -2.15. The zero-order valence-electron chi connectivity index (χ0n) is 10.9. The van der Waals surface area contributed by atoms with Gasteiger partial charge in [-0.15, -0.1) is 0 Å². The second-order valence-electron chi connectivity index (χ2n) is 4.61. The van der Waals surface area contributed by atoms with Crippen molar-refractivity contribution >= 4 is 40.4 Å². The summed E-state index contributed by atoms with van der Waals surface area (Å²) in [5.41, 5.74) is 0.790. The van der Waals surface area contributed by atoms with Gasteiger partial charge in [-0.3, -0.25) is 0 Å². The Morgan fingerprint density at radius 3 is 2.48 bits per heavy atom. The number of aryl methyl sites for hydroxylation is 1. The maximum Gasteiger partial charge on any atom is 0.397 e. The van der Waals surface area contributed by atoms with E-state index in [9.17, 15) is 24.7 Å². The highest BCUT2D eigenvalue weighted by Gasteiger charge is 2.55. The second-order valence-corrected chi connectivity index (χ2v) is 5.77. The fourth-order valence-corrected chi connectivity index (χ4v) is 2.48. The second kappa shape index (κ2) is 6.08. The number of carbonyl (C=O) groups excluding carboxylic acids is 3. The van der Waals surface area contributed by atoms with Gasteiger partial charge < -0.3 is 5.11 Å². The lowest BCUT2D eigenvalue weighted by atomic mass is 10.1. The van der Waals surface area contributed by atoms with Gasteiger partial charge in [-0.05, 0) is 46.7 Å². The summed E-state index contributed by atoms with van der Waals surface area (Å²) >= 11 is 1.96. The number of quaternary nitrogens is 1. The highest BCUT2D eigenvalue weighted by molar-refractivity contribution is 14.1. The number of hydroxylamine groups is 4. The molecule has 1 heterocycles. The molecule has 1 aliphatic rings. The molecule has 2 amide bonds. The van der Waals surface area contributed by atoms with Gasteiger partial charge in [0.1, 0.15) is 10.6 Å². The van der Waals surface area contributed by atoms with Gasteiger partial charge in [-0.1, -0.05) is 6.07 Å². The van der Waals surface area contributed by atoms with Gasteiger partial charge in [0, 0.05) is 0 Å². The van der Waals surface area contributed by atoms with Crippen LogP contribution in [0.2, 0.25) is 0 Å². The number of halogens is 1. The van der Waals surface area contributed by atoms with Crippen molar-refractivity contribution in [3.63, 3.8) is 0 Å². The molecule has 8 heteroatoms. The van der Waals surface area contributed by atoms with Crippen LogP contribution in [-0.4, -0.2) is 32.9 Å². The normalized spacial score (nSPS) is 17.0. The van der Waals surface area contributed by atoms with Crippen LogP contribution in [0.4, 0.5) is 0 Å². The molecule has 0 spiro atoms. The molecule has 0 bridgehead atoms. The fourth-order valence-electron chi connectivity index (χ4n) is 1.90. The number of carbonyl (C=O) groups is 3. The summed E-state index contributed by atoms with van der Waals surface area (Å²) in [7, 11) is 0. The molecule has 1 aromatic carbocycles. The van der Waals surface area contributed by atoms with Crippen LogP contribution in [-0.2, 0) is 25.6 Å². The first-order valence-corrected chi connectivity index (χ1v) is 7.29. The predicted molar refractivity (Wildman–Crippen MR) is 76.5 cm³/mol. The number of phenolic OH excluding ortho intramolecular Hbond substituents is 1. The van der Waals surface area contributed by atoms with Crippen LogP contribution in [0.5, 0.6) is 5.75 Å². The van der Waals surface area contributed by atoms with Gasteiger partial charge >= 0.3 is 17.8 Å². The molecule has 21 heavy (non-hydrogen) atoms. The van der Waals surface area contributed by atoms with Crippen LogP contribution in [0.25, 0.3) is 0 Å². The minimum Gasteiger partial charge on any atom is -0.507 e. The van der Waals surface area contributed by atoms with E-state index in [0.717, 1.165) is 5.56 Å². The summed E-state index contributed by atoms with van der Waals surface area (Å²) in [5, 5.41) is 19.1. The van der Waals surface area contributed by atoms with Gasteiger partial charge in [0.15, 0.2) is 0 Å². The number of hydrogen-bond acceptors (Lipinski definition) is 6. The van der Waals surface area contributed by atoms with Gasteiger partial charge in [0.25, 0.3) is 0 Å². The Kier molecular flexibility index (Phi) is 4.59. The molecule has 0 aliphatic carbocycles. The number of phenols is 1. The standard InChI is InChI=1S/C13H12INO6/c14-9-7-8(1-3-10(9)16)2-6-13(19)21-15(20)11(17)4-5-12(15)18/h1,3,7,20H,2,4-6H2/p+1. The highest BCUT2D eigenvalue weighted by Crippen LogP contribution is 2.23. The average molecular weight is 406 g/mol. The van der Waals surface area contributed by atoms with Crippen LogP contribution in [0, 0.1) is 3.57 Å². The number of aromatic hydroxyl groups is 1. The summed E-state index contributed by atoms with van der Waals surface area (Å²) in [6.45, 7) is 0. The summed E-state index contributed by atoms with van der Waals surface area (Å²) in [6, 6.07) is 4.87. The van der Waals surface area contributed by atoms with Crippen LogP contribution < -0.4 is 0 Å². The van der Waals surface area contributed by atoms with Crippen molar-refractivity contribution in [1.29, 1.82) is 0 Å².